The molecule has 18 heavy (non-hydrogen) atoms. The maximum absolute atomic E-state index is 9.52. The number of hydrogen-bond donors (Lipinski definition) is 0. The molecule has 3 rings (SSSR count). The molecule has 1 heterocycles. The van der Waals surface area contributed by atoms with Crippen LogP contribution in [0.1, 0.15) is 24.8 Å². The molecule has 1 aliphatic carbocycles. The Morgan fingerprint density at radius 3 is 2.50 bits per heavy atom. The van der Waals surface area contributed by atoms with Gasteiger partial charge in [-0.25, -0.2) is 0 Å². The number of nitriles is 1. The highest BCUT2D eigenvalue weighted by molar-refractivity contribution is 5.59. The van der Waals surface area contributed by atoms with Crippen molar-refractivity contribution in [2.24, 2.45) is 0 Å². The van der Waals surface area contributed by atoms with Crippen LogP contribution in [0, 0.1) is 11.3 Å². The van der Waals surface area contributed by atoms with E-state index in [1.807, 2.05) is 0 Å². The van der Waals surface area contributed by atoms with Crippen molar-refractivity contribution in [3.05, 3.63) is 29.8 Å². The van der Waals surface area contributed by atoms with E-state index in [0.717, 1.165) is 39.1 Å². The number of rotatable bonds is 2. The van der Waals surface area contributed by atoms with Crippen LogP contribution in [-0.4, -0.2) is 26.3 Å². The van der Waals surface area contributed by atoms with Crippen molar-refractivity contribution in [2.45, 2.75) is 24.7 Å². The van der Waals surface area contributed by atoms with Gasteiger partial charge < -0.3 is 9.64 Å². The fourth-order valence-electron chi connectivity index (χ4n) is 2.93. The van der Waals surface area contributed by atoms with E-state index >= 15 is 0 Å². The van der Waals surface area contributed by atoms with E-state index in [0.29, 0.717) is 0 Å². The molecule has 94 valence electrons. The summed E-state index contributed by atoms with van der Waals surface area (Å²) < 4.78 is 5.41. The molecule has 1 saturated heterocycles. The summed E-state index contributed by atoms with van der Waals surface area (Å²) >= 11 is 0. The van der Waals surface area contributed by atoms with Gasteiger partial charge in [0.1, 0.15) is 0 Å². The van der Waals surface area contributed by atoms with Gasteiger partial charge in [-0.05, 0) is 30.9 Å². The van der Waals surface area contributed by atoms with Gasteiger partial charge in [0.25, 0.3) is 0 Å². The summed E-state index contributed by atoms with van der Waals surface area (Å²) in [6, 6.07) is 11.0. The van der Waals surface area contributed by atoms with Gasteiger partial charge in [-0.2, -0.15) is 5.26 Å². The van der Waals surface area contributed by atoms with E-state index in [1.54, 1.807) is 0 Å². The standard InChI is InChI=1S/C15H18N2O/c16-12-15(6-3-7-15)13-4-1-2-5-14(13)17-8-10-18-11-9-17/h1-2,4-5H,3,6-11H2. The average molecular weight is 242 g/mol. The van der Waals surface area contributed by atoms with Crippen molar-refractivity contribution in [3.63, 3.8) is 0 Å². The largest absolute Gasteiger partial charge is 0.378 e. The molecule has 1 aromatic rings. The number of para-hydroxylation sites is 1. The van der Waals surface area contributed by atoms with Gasteiger partial charge in [-0.1, -0.05) is 18.2 Å². The number of nitrogens with zero attached hydrogens (tertiary/aromatic N) is 2. The minimum atomic E-state index is -0.227. The van der Waals surface area contributed by atoms with Crippen LogP contribution in [0.5, 0.6) is 0 Å². The van der Waals surface area contributed by atoms with E-state index in [9.17, 15) is 5.26 Å². The molecular weight excluding hydrogens is 224 g/mol. The summed E-state index contributed by atoms with van der Waals surface area (Å²) in [5.41, 5.74) is 2.23. The second-order valence-corrected chi connectivity index (χ2v) is 5.16. The number of morpholine rings is 1. The highest BCUT2D eigenvalue weighted by Gasteiger charge is 2.41. The van der Waals surface area contributed by atoms with E-state index < -0.39 is 0 Å². The molecule has 0 unspecified atom stereocenters. The zero-order valence-corrected chi connectivity index (χ0v) is 10.6. The van der Waals surface area contributed by atoms with Crippen LogP contribution < -0.4 is 4.90 Å². The monoisotopic (exact) mass is 242 g/mol. The Kier molecular flexibility index (Phi) is 2.97. The third kappa shape index (κ3) is 1.77. The van der Waals surface area contributed by atoms with Crippen LogP contribution >= 0.6 is 0 Å². The Morgan fingerprint density at radius 2 is 1.89 bits per heavy atom. The van der Waals surface area contributed by atoms with Crippen LogP contribution in [-0.2, 0) is 10.2 Å². The molecule has 0 amide bonds. The fraction of sp³-hybridized carbons (Fsp3) is 0.533. The second kappa shape index (κ2) is 4.62. The Morgan fingerprint density at radius 1 is 1.17 bits per heavy atom. The van der Waals surface area contributed by atoms with E-state index in [-0.39, 0.29) is 5.41 Å². The molecule has 1 aromatic carbocycles. The second-order valence-electron chi connectivity index (χ2n) is 5.16. The van der Waals surface area contributed by atoms with Crippen LogP contribution in [0.4, 0.5) is 5.69 Å². The Labute approximate surface area is 108 Å². The van der Waals surface area contributed by atoms with E-state index in [2.05, 4.69) is 35.2 Å². The van der Waals surface area contributed by atoms with Crippen LogP contribution in [0.3, 0.4) is 0 Å². The van der Waals surface area contributed by atoms with Gasteiger partial charge in [0.15, 0.2) is 0 Å². The minimum absolute atomic E-state index is 0.227. The molecule has 0 bridgehead atoms. The maximum atomic E-state index is 9.52. The normalized spacial score (nSPS) is 22.1. The van der Waals surface area contributed by atoms with Crippen molar-refractivity contribution < 1.29 is 4.74 Å². The third-order valence-corrected chi connectivity index (χ3v) is 4.19. The molecular formula is C15H18N2O. The lowest BCUT2D eigenvalue weighted by Gasteiger charge is -2.40. The Balaban J connectivity index is 1.97. The van der Waals surface area contributed by atoms with E-state index in [1.165, 1.54) is 17.7 Å². The van der Waals surface area contributed by atoms with Gasteiger partial charge in [0.05, 0.1) is 24.7 Å². The molecule has 1 aliphatic heterocycles. The first-order valence-corrected chi connectivity index (χ1v) is 6.69. The smallest absolute Gasteiger partial charge is 0.0842 e. The molecule has 1 saturated carbocycles. The Hall–Kier alpha value is -1.53. The molecule has 0 spiro atoms. The first-order valence-electron chi connectivity index (χ1n) is 6.69. The number of anilines is 1. The Bertz CT molecular complexity index is 468. The number of ether oxygens (including phenoxy) is 1. The lowest BCUT2D eigenvalue weighted by molar-refractivity contribution is 0.122. The molecule has 0 N–H and O–H groups in total. The molecule has 3 heteroatoms. The lowest BCUT2D eigenvalue weighted by atomic mass is 9.65. The molecule has 0 radical (unpaired) electrons. The summed E-state index contributed by atoms with van der Waals surface area (Å²) in [5, 5.41) is 9.52. The van der Waals surface area contributed by atoms with Crippen LogP contribution in [0.2, 0.25) is 0 Å². The number of hydrogen-bond acceptors (Lipinski definition) is 3. The summed E-state index contributed by atoms with van der Waals surface area (Å²) in [4.78, 5) is 2.36. The number of benzene rings is 1. The molecule has 0 atom stereocenters. The first-order chi connectivity index (χ1) is 8.86. The quantitative estimate of drug-likeness (QED) is 0.799. The third-order valence-electron chi connectivity index (χ3n) is 4.19. The SMILES string of the molecule is N#CC1(c2ccccc2N2CCOCC2)CCC1. The molecule has 0 aromatic heterocycles. The predicted octanol–water partition coefficient (Wildman–Crippen LogP) is 2.47. The van der Waals surface area contributed by atoms with Gasteiger partial charge in [0.2, 0.25) is 0 Å². The maximum Gasteiger partial charge on any atom is 0.0842 e. The van der Waals surface area contributed by atoms with Gasteiger partial charge in [-0.3, -0.25) is 0 Å². The lowest BCUT2D eigenvalue weighted by Crippen LogP contribution is -2.40. The minimum Gasteiger partial charge on any atom is -0.378 e. The average Bonchev–Trinajstić information content (AvgIpc) is 2.40. The molecule has 2 aliphatic rings. The topological polar surface area (TPSA) is 36.3 Å². The highest BCUT2D eigenvalue weighted by atomic mass is 16.5. The van der Waals surface area contributed by atoms with Gasteiger partial charge in [-0.15, -0.1) is 0 Å². The zero-order chi connectivity index (χ0) is 12.4. The summed E-state index contributed by atoms with van der Waals surface area (Å²) in [6.07, 6.45) is 3.18. The van der Waals surface area contributed by atoms with Crippen LogP contribution in [0.15, 0.2) is 24.3 Å². The zero-order valence-electron chi connectivity index (χ0n) is 10.6. The van der Waals surface area contributed by atoms with Crippen molar-refractivity contribution >= 4 is 5.69 Å². The highest BCUT2D eigenvalue weighted by Crippen LogP contribution is 2.46. The molecule has 2 fully saturated rings. The van der Waals surface area contributed by atoms with Crippen molar-refractivity contribution in [3.8, 4) is 6.07 Å². The van der Waals surface area contributed by atoms with E-state index in [4.69, 9.17) is 4.74 Å². The summed E-state index contributed by atoms with van der Waals surface area (Å²) in [7, 11) is 0. The summed E-state index contributed by atoms with van der Waals surface area (Å²) in [6.45, 7) is 3.43. The summed E-state index contributed by atoms with van der Waals surface area (Å²) in [5.74, 6) is 0. The van der Waals surface area contributed by atoms with Crippen LogP contribution in [0.25, 0.3) is 0 Å². The van der Waals surface area contributed by atoms with Gasteiger partial charge >= 0.3 is 0 Å². The predicted molar refractivity (Wildman–Crippen MR) is 70.6 cm³/mol. The fourth-order valence-corrected chi connectivity index (χ4v) is 2.93. The first kappa shape index (κ1) is 11.6. The van der Waals surface area contributed by atoms with Crippen molar-refractivity contribution in [2.75, 3.05) is 31.2 Å². The van der Waals surface area contributed by atoms with Crippen molar-refractivity contribution in [1.29, 1.82) is 5.26 Å². The van der Waals surface area contributed by atoms with Gasteiger partial charge in [0, 0.05) is 18.8 Å². The molecule has 3 nitrogen and oxygen atoms in total. The van der Waals surface area contributed by atoms with Crippen molar-refractivity contribution in [1.82, 2.24) is 0 Å².